The summed E-state index contributed by atoms with van der Waals surface area (Å²) in [6.07, 6.45) is 1.94. The van der Waals surface area contributed by atoms with E-state index in [4.69, 9.17) is 5.73 Å². The van der Waals surface area contributed by atoms with Crippen molar-refractivity contribution in [1.82, 2.24) is 25.2 Å². The Bertz CT molecular complexity index is 1420. The Balaban J connectivity index is 1.71. The summed E-state index contributed by atoms with van der Waals surface area (Å²) in [7, 11) is 0. The van der Waals surface area contributed by atoms with E-state index in [0.29, 0.717) is 12.1 Å². The summed E-state index contributed by atoms with van der Waals surface area (Å²) in [5.74, 6) is -2.13. The molecule has 35 heavy (non-hydrogen) atoms. The predicted molar refractivity (Wildman–Crippen MR) is 113 cm³/mol. The average molecular weight is 486 g/mol. The van der Waals surface area contributed by atoms with Gasteiger partial charge in [0.05, 0.1) is 12.1 Å². The summed E-state index contributed by atoms with van der Waals surface area (Å²) < 4.78 is 74.0. The van der Waals surface area contributed by atoms with Gasteiger partial charge in [0.15, 0.2) is 5.60 Å². The zero-order valence-corrected chi connectivity index (χ0v) is 17.6. The van der Waals surface area contributed by atoms with Gasteiger partial charge >= 0.3 is 5.92 Å². The van der Waals surface area contributed by atoms with Crippen molar-refractivity contribution in [2.24, 2.45) is 0 Å². The second-order valence-electron chi connectivity index (χ2n) is 7.49. The average Bonchev–Trinajstić information content (AvgIpc) is 3.31. The van der Waals surface area contributed by atoms with Crippen LogP contribution in [0.3, 0.4) is 0 Å². The lowest BCUT2D eigenvalue weighted by Crippen LogP contribution is -2.48. The van der Waals surface area contributed by atoms with E-state index in [1.807, 2.05) is 0 Å². The van der Waals surface area contributed by atoms with Crippen LogP contribution < -0.4 is 5.73 Å². The SMILES string of the molecule is Nc1ccc(C#Cc2ccc(C(F)(F)C(O)(Cn3cnnn3)c3ccc(F)cc3F)nc2)c(F)c1. The molecule has 0 bridgehead atoms. The molecular weight excluding hydrogens is 471 g/mol. The number of benzene rings is 2. The van der Waals surface area contributed by atoms with Crippen molar-refractivity contribution in [2.45, 2.75) is 18.1 Å². The van der Waals surface area contributed by atoms with Crippen LogP contribution in [0.15, 0.2) is 61.1 Å². The van der Waals surface area contributed by atoms with Crippen molar-refractivity contribution in [2.75, 3.05) is 5.73 Å². The van der Waals surface area contributed by atoms with Crippen LogP contribution in [0.4, 0.5) is 27.6 Å². The molecule has 7 nitrogen and oxygen atoms in total. The zero-order valence-electron chi connectivity index (χ0n) is 17.6. The monoisotopic (exact) mass is 486 g/mol. The van der Waals surface area contributed by atoms with E-state index in [1.165, 1.54) is 18.2 Å². The van der Waals surface area contributed by atoms with Crippen LogP contribution in [-0.4, -0.2) is 30.3 Å². The third-order valence-electron chi connectivity index (χ3n) is 5.10. The molecular formula is C23H15F5N6O. The lowest BCUT2D eigenvalue weighted by Gasteiger charge is -2.35. The smallest absolute Gasteiger partial charge is 0.323 e. The highest BCUT2D eigenvalue weighted by Crippen LogP contribution is 2.46. The standard InChI is InChI=1S/C23H15F5N6O/c24-16-5-7-18(20(26)9-16)22(35,12-34-13-31-32-33-34)23(27,28)21-8-2-14(11-30-21)1-3-15-4-6-17(29)10-19(15)25/h2,4-11,13,35H,12,29H2. The molecule has 3 N–H and O–H groups in total. The van der Waals surface area contributed by atoms with E-state index in [0.717, 1.165) is 35.4 Å². The number of anilines is 1. The van der Waals surface area contributed by atoms with Crippen LogP contribution in [0.5, 0.6) is 0 Å². The van der Waals surface area contributed by atoms with Crippen LogP contribution in [0.1, 0.15) is 22.4 Å². The van der Waals surface area contributed by atoms with E-state index in [-0.39, 0.29) is 16.8 Å². The molecule has 0 saturated heterocycles. The van der Waals surface area contributed by atoms with Gasteiger partial charge in [0.2, 0.25) is 0 Å². The number of nitrogen functional groups attached to an aromatic ring is 1. The summed E-state index contributed by atoms with van der Waals surface area (Å²) in [5.41, 5.74) is 0.831. The number of rotatable bonds is 5. The molecule has 2 aromatic carbocycles. The van der Waals surface area contributed by atoms with Gasteiger partial charge in [-0.05, 0) is 52.9 Å². The number of nitrogens with two attached hydrogens (primary N) is 1. The molecule has 0 saturated carbocycles. The van der Waals surface area contributed by atoms with Crippen molar-refractivity contribution < 1.29 is 27.1 Å². The van der Waals surface area contributed by atoms with E-state index in [1.54, 1.807) is 0 Å². The first kappa shape index (κ1) is 23.8. The van der Waals surface area contributed by atoms with Crippen LogP contribution >= 0.6 is 0 Å². The minimum absolute atomic E-state index is 0.0382. The Morgan fingerprint density at radius 1 is 0.971 bits per heavy atom. The van der Waals surface area contributed by atoms with E-state index in [2.05, 4.69) is 32.4 Å². The fourth-order valence-electron chi connectivity index (χ4n) is 3.30. The van der Waals surface area contributed by atoms with Gasteiger partial charge in [0, 0.05) is 29.1 Å². The maximum absolute atomic E-state index is 15.7. The minimum Gasteiger partial charge on any atom is -0.399 e. The number of nitrogens with zero attached hydrogens (tertiary/aromatic N) is 5. The van der Waals surface area contributed by atoms with Gasteiger partial charge in [-0.25, -0.2) is 17.9 Å². The van der Waals surface area contributed by atoms with Gasteiger partial charge < -0.3 is 10.8 Å². The third-order valence-corrected chi connectivity index (χ3v) is 5.10. The lowest BCUT2D eigenvalue weighted by atomic mass is 9.84. The van der Waals surface area contributed by atoms with Gasteiger partial charge in [-0.1, -0.05) is 11.8 Å². The molecule has 0 aliphatic rings. The topological polar surface area (TPSA) is 103 Å². The zero-order chi connectivity index (χ0) is 25.2. The molecule has 2 heterocycles. The van der Waals surface area contributed by atoms with Crippen LogP contribution in [0.2, 0.25) is 0 Å². The van der Waals surface area contributed by atoms with Crippen molar-refractivity contribution in [3.05, 3.63) is 101 Å². The largest absolute Gasteiger partial charge is 0.399 e. The van der Waals surface area contributed by atoms with Crippen LogP contribution in [-0.2, 0) is 18.1 Å². The van der Waals surface area contributed by atoms with Crippen LogP contribution in [0.25, 0.3) is 0 Å². The summed E-state index contributed by atoms with van der Waals surface area (Å²) in [6.45, 7) is -0.977. The predicted octanol–water partition coefficient (Wildman–Crippen LogP) is 3.15. The van der Waals surface area contributed by atoms with Crippen molar-refractivity contribution in [3.8, 4) is 11.8 Å². The Hall–Kier alpha value is -4.37. The fourth-order valence-corrected chi connectivity index (χ4v) is 3.30. The van der Waals surface area contributed by atoms with E-state index < -0.39 is 46.8 Å². The summed E-state index contributed by atoms with van der Waals surface area (Å²) >= 11 is 0. The summed E-state index contributed by atoms with van der Waals surface area (Å²) in [6, 6.07) is 7.79. The first-order valence-electron chi connectivity index (χ1n) is 9.90. The Labute approximate surface area is 195 Å². The summed E-state index contributed by atoms with van der Waals surface area (Å²) in [5, 5.41) is 21.2. The molecule has 178 valence electrons. The highest BCUT2D eigenvalue weighted by molar-refractivity contribution is 5.48. The normalized spacial score (nSPS) is 13.1. The molecule has 0 fully saturated rings. The number of hydrogen-bond donors (Lipinski definition) is 2. The number of aromatic nitrogens is 5. The van der Waals surface area contributed by atoms with Crippen molar-refractivity contribution in [3.63, 3.8) is 0 Å². The first-order chi connectivity index (χ1) is 16.6. The molecule has 2 aromatic heterocycles. The number of alkyl halides is 2. The van der Waals surface area contributed by atoms with Crippen molar-refractivity contribution in [1.29, 1.82) is 0 Å². The Kier molecular flexibility index (Phi) is 6.19. The van der Waals surface area contributed by atoms with Gasteiger partial charge in [-0.15, -0.1) is 5.10 Å². The van der Waals surface area contributed by atoms with Gasteiger partial charge in [0.25, 0.3) is 0 Å². The second-order valence-corrected chi connectivity index (χ2v) is 7.49. The minimum atomic E-state index is -4.20. The maximum atomic E-state index is 15.7. The number of pyridine rings is 1. The molecule has 0 radical (unpaired) electrons. The number of aliphatic hydroxyl groups is 1. The molecule has 12 heteroatoms. The van der Waals surface area contributed by atoms with E-state index in [9.17, 15) is 18.3 Å². The Morgan fingerprint density at radius 3 is 2.40 bits per heavy atom. The molecule has 0 aliphatic heterocycles. The summed E-state index contributed by atoms with van der Waals surface area (Å²) in [4.78, 5) is 3.68. The molecule has 1 unspecified atom stereocenters. The Morgan fingerprint density at radius 2 is 1.77 bits per heavy atom. The molecule has 0 spiro atoms. The van der Waals surface area contributed by atoms with Crippen LogP contribution in [0, 0.1) is 29.3 Å². The first-order valence-corrected chi connectivity index (χ1v) is 9.90. The lowest BCUT2D eigenvalue weighted by molar-refractivity contribution is -0.207. The highest BCUT2D eigenvalue weighted by Gasteiger charge is 2.57. The van der Waals surface area contributed by atoms with E-state index >= 15 is 8.78 Å². The molecule has 4 aromatic rings. The molecule has 1 atom stereocenters. The number of tetrazole rings is 1. The second kappa shape index (κ2) is 9.11. The maximum Gasteiger partial charge on any atom is 0.323 e. The van der Waals surface area contributed by atoms with Gasteiger partial charge in [-0.3, -0.25) is 4.98 Å². The fraction of sp³-hybridized carbons (Fsp3) is 0.130. The van der Waals surface area contributed by atoms with Gasteiger partial charge in [0.1, 0.15) is 29.5 Å². The third kappa shape index (κ3) is 4.67. The molecule has 0 aliphatic carbocycles. The number of halogens is 5. The molecule has 4 rings (SSSR count). The quantitative estimate of drug-likeness (QED) is 0.255. The van der Waals surface area contributed by atoms with Gasteiger partial charge in [-0.2, -0.15) is 8.78 Å². The molecule has 0 amide bonds. The van der Waals surface area contributed by atoms with Crippen molar-refractivity contribution >= 4 is 5.69 Å². The highest BCUT2D eigenvalue weighted by atomic mass is 19.3. The number of hydrogen-bond acceptors (Lipinski definition) is 6.